The molecule has 4 heteroatoms. The molecule has 1 fully saturated rings. The highest BCUT2D eigenvalue weighted by molar-refractivity contribution is 5.95. The molecule has 4 N–H and O–H groups in total. The molecule has 0 spiro atoms. The highest BCUT2D eigenvalue weighted by atomic mass is 16.1. The summed E-state index contributed by atoms with van der Waals surface area (Å²) in [5, 5.41) is 6.13. The molecule has 0 aromatic heterocycles. The lowest BCUT2D eigenvalue weighted by Crippen LogP contribution is -2.30. The van der Waals surface area contributed by atoms with E-state index < -0.39 is 0 Å². The Bertz CT molecular complexity index is 487. The maximum absolute atomic E-state index is 11.6. The van der Waals surface area contributed by atoms with Crippen molar-refractivity contribution in [3.8, 4) is 0 Å². The van der Waals surface area contributed by atoms with Gasteiger partial charge in [-0.2, -0.15) is 0 Å². The standard InChI is InChI=1S/C16H25N3O/c1-10-4-6-13(8-11(10)2)19-15-7-5-12(9-14(15)17)16(20)18-3/h5,7,9-11,13,19H,4,6,8,17H2,1-3H3,(H,18,20). The molecule has 1 amide bonds. The molecule has 0 saturated heterocycles. The van der Waals surface area contributed by atoms with Crippen molar-refractivity contribution < 1.29 is 4.79 Å². The third-order valence-electron chi connectivity index (χ3n) is 4.50. The largest absolute Gasteiger partial charge is 0.397 e. The molecule has 110 valence electrons. The zero-order chi connectivity index (χ0) is 14.7. The summed E-state index contributed by atoms with van der Waals surface area (Å²) in [6.07, 6.45) is 3.62. The van der Waals surface area contributed by atoms with Gasteiger partial charge in [-0.25, -0.2) is 0 Å². The van der Waals surface area contributed by atoms with Crippen molar-refractivity contribution in [3.63, 3.8) is 0 Å². The predicted molar refractivity (Wildman–Crippen MR) is 83.8 cm³/mol. The molecule has 0 aliphatic heterocycles. The number of hydrogen-bond donors (Lipinski definition) is 3. The summed E-state index contributed by atoms with van der Waals surface area (Å²) in [5.41, 5.74) is 8.22. The highest BCUT2D eigenvalue weighted by Crippen LogP contribution is 2.32. The average molecular weight is 275 g/mol. The van der Waals surface area contributed by atoms with Crippen LogP contribution in [-0.4, -0.2) is 19.0 Å². The molecule has 0 bridgehead atoms. The summed E-state index contributed by atoms with van der Waals surface area (Å²) >= 11 is 0. The third-order valence-corrected chi connectivity index (χ3v) is 4.50. The second kappa shape index (κ2) is 6.16. The quantitative estimate of drug-likeness (QED) is 0.743. The van der Waals surface area contributed by atoms with Gasteiger partial charge in [0.15, 0.2) is 0 Å². The second-order valence-corrected chi connectivity index (χ2v) is 5.99. The monoisotopic (exact) mass is 275 g/mol. The van der Waals surface area contributed by atoms with Crippen LogP contribution in [-0.2, 0) is 0 Å². The first-order valence-corrected chi connectivity index (χ1v) is 7.39. The van der Waals surface area contributed by atoms with Crippen molar-refractivity contribution >= 4 is 17.3 Å². The molecule has 3 unspecified atom stereocenters. The van der Waals surface area contributed by atoms with E-state index in [-0.39, 0.29) is 5.91 Å². The van der Waals surface area contributed by atoms with E-state index in [1.54, 1.807) is 13.1 Å². The Morgan fingerprint density at radius 2 is 2.00 bits per heavy atom. The minimum absolute atomic E-state index is 0.108. The summed E-state index contributed by atoms with van der Waals surface area (Å²) < 4.78 is 0. The van der Waals surface area contributed by atoms with Gasteiger partial charge < -0.3 is 16.4 Å². The number of nitrogens with one attached hydrogen (secondary N) is 2. The van der Waals surface area contributed by atoms with Gasteiger partial charge >= 0.3 is 0 Å². The number of hydrogen-bond acceptors (Lipinski definition) is 3. The molecule has 0 radical (unpaired) electrons. The van der Waals surface area contributed by atoms with E-state index in [9.17, 15) is 4.79 Å². The third kappa shape index (κ3) is 3.24. The van der Waals surface area contributed by atoms with Crippen molar-refractivity contribution in [2.75, 3.05) is 18.1 Å². The van der Waals surface area contributed by atoms with Crippen LogP contribution in [0.15, 0.2) is 18.2 Å². The molecule has 20 heavy (non-hydrogen) atoms. The fourth-order valence-electron chi connectivity index (χ4n) is 2.88. The van der Waals surface area contributed by atoms with Gasteiger partial charge in [-0.15, -0.1) is 0 Å². The SMILES string of the molecule is CNC(=O)c1ccc(NC2CCC(C)C(C)C2)c(N)c1. The van der Waals surface area contributed by atoms with Gasteiger partial charge in [0.25, 0.3) is 5.91 Å². The Kier molecular flexibility index (Phi) is 4.53. The van der Waals surface area contributed by atoms with Crippen LogP contribution in [0.5, 0.6) is 0 Å². The van der Waals surface area contributed by atoms with Gasteiger partial charge in [-0.3, -0.25) is 4.79 Å². The molecular formula is C16H25N3O. The lowest BCUT2D eigenvalue weighted by molar-refractivity contribution is 0.0963. The van der Waals surface area contributed by atoms with E-state index in [2.05, 4.69) is 24.5 Å². The Labute approximate surface area is 121 Å². The topological polar surface area (TPSA) is 67.2 Å². The smallest absolute Gasteiger partial charge is 0.251 e. The van der Waals surface area contributed by atoms with Gasteiger partial charge in [-0.05, 0) is 49.3 Å². The van der Waals surface area contributed by atoms with Crippen molar-refractivity contribution in [2.45, 2.75) is 39.2 Å². The Hall–Kier alpha value is -1.71. The summed E-state index contributed by atoms with van der Waals surface area (Å²) in [6.45, 7) is 4.64. The van der Waals surface area contributed by atoms with Crippen molar-refractivity contribution in [1.29, 1.82) is 0 Å². The summed E-state index contributed by atoms with van der Waals surface area (Å²) in [4.78, 5) is 11.6. The Morgan fingerprint density at radius 1 is 1.25 bits per heavy atom. The van der Waals surface area contributed by atoms with Crippen molar-refractivity contribution in [2.24, 2.45) is 11.8 Å². The molecule has 0 heterocycles. The summed E-state index contributed by atoms with van der Waals surface area (Å²) in [6, 6.07) is 5.93. The number of nitrogen functional groups attached to an aromatic ring is 1. The van der Waals surface area contributed by atoms with Gasteiger partial charge in [0.2, 0.25) is 0 Å². The van der Waals surface area contributed by atoms with E-state index in [1.165, 1.54) is 19.3 Å². The summed E-state index contributed by atoms with van der Waals surface area (Å²) in [7, 11) is 1.62. The minimum atomic E-state index is -0.108. The van der Waals surface area contributed by atoms with Crippen molar-refractivity contribution in [1.82, 2.24) is 5.32 Å². The maximum atomic E-state index is 11.6. The van der Waals surface area contributed by atoms with Crippen LogP contribution >= 0.6 is 0 Å². The number of benzene rings is 1. The van der Waals surface area contributed by atoms with Crippen LogP contribution in [0, 0.1) is 11.8 Å². The van der Waals surface area contributed by atoms with Crippen LogP contribution in [0.3, 0.4) is 0 Å². The van der Waals surface area contributed by atoms with E-state index in [0.29, 0.717) is 17.3 Å². The maximum Gasteiger partial charge on any atom is 0.251 e. The predicted octanol–water partition coefficient (Wildman–Crippen LogP) is 2.87. The number of carbonyl (C=O) groups is 1. The summed E-state index contributed by atoms with van der Waals surface area (Å²) in [5.74, 6) is 1.44. The second-order valence-electron chi connectivity index (χ2n) is 5.99. The first kappa shape index (κ1) is 14.7. The van der Waals surface area contributed by atoms with Crippen LogP contribution in [0.25, 0.3) is 0 Å². The number of rotatable bonds is 3. The van der Waals surface area contributed by atoms with Gasteiger partial charge in [-0.1, -0.05) is 13.8 Å². The number of carbonyl (C=O) groups excluding carboxylic acids is 1. The fourth-order valence-corrected chi connectivity index (χ4v) is 2.88. The van der Waals surface area contributed by atoms with E-state index in [4.69, 9.17) is 5.73 Å². The highest BCUT2D eigenvalue weighted by Gasteiger charge is 2.24. The first-order valence-electron chi connectivity index (χ1n) is 7.39. The lowest BCUT2D eigenvalue weighted by atomic mass is 9.79. The molecular weight excluding hydrogens is 250 g/mol. The van der Waals surface area contributed by atoms with Crippen LogP contribution < -0.4 is 16.4 Å². The van der Waals surface area contributed by atoms with E-state index in [1.807, 2.05) is 12.1 Å². The number of amides is 1. The molecule has 1 aromatic rings. The number of nitrogens with two attached hydrogens (primary N) is 1. The van der Waals surface area contributed by atoms with Crippen LogP contribution in [0.2, 0.25) is 0 Å². The molecule has 4 nitrogen and oxygen atoms in total. The van der Waals surface area contributed by atoms with E-state index in [0.717, 1.165) is 17.5 Å². The Morgan fingerprint density at radius 3 is 2.60 bits per heavy atom. The Balaban J connectivity index is 2.05. The van der Waals surface area contributed by atoms with Crippen molar-refractivity contribution in [3.05, 3.63) is 23.8 Å². The van der Waals surface area contributed by atoms with E-state index >= 15 is 0 Å². The number of anilines is 2. The zero-order valence-electron chi connectivity index (χ0n) is 12.6. The molecule has 1 aromatic carbocycles. The van der Waals surface area contributed by atoms with Crippen LogP contribution in [0.1, 0.15) is 43.5 Å². The lowest BCUT2D eigenvalue weighted by Gasteiger charge is -2.33. The van der Waals surface area contributed by atoms with Gasteiger partial charge in [0.1, 0.15) is 0 Å². The van der Waals surface area contributed by atoms with Gasteiger partial charge in [0.05, 0.1) is 11.4 Å². The minimum Gasteiger partial charge on any atom is -0.397 e. The average Bonchev–Trinajstić information content (AvgIpc) is 2.44. The fraction of sp³-hybridized carbons (Fsp3) is 0.562. The molecule has 3 atom stereocenters. The molecule has 1 aliphatic carbocycles. The van der Waals surface area contributed by atoms with Gasteiger partial charge in [0, 0.05) is 18.7 Å². The molecule has 1 aliphatic rings. The zero-order valence-corrected chi connectivity index (χ0v) is 12.6. The molecule has 1 saturated carbocycles. The molecule has 2 rings (SSSR count). The normalized spacial score (nSPS) is 26.1. The first-order chi connectivity index (χ1) is 9.51. The van der Waals surface area contributed by atoms with Crippen LogP contribution in [0.4, 0.5) is 11.4 Å².